The number of carbonyl (C=O) groups is 1. The minimum atomic E-state index is -1.07. The molecule has 0 unspecified atom stereocenters. The molecule has 4 nitrogen and oxygen atoms in total. The average Bonchev–Trinajstić information content (AvgIpc) is 2.34. The van der Waals surface area contributed by atoms with Crippen LogP contribution in [0.4, 0.5) is 14.5 Å². The SMILES string of the molecule is O=C(O)Cc1cc(F)c(F)cc1N1CCOCC1. The maximum atomic E-state index is 13.3. The summed E-state index contributed by atoms with van der Waals surface area (Å²) in [7, 11) is 0. The molecule has 6 heteroatoms. The fourth-order valence-electron chi connectivity index (χ4n) is 1.98. The van der Waals surface area contributed by atoms with E-state index in [0.29, 0.717) is 32.0 Å². The van der Waals surface area contributed by atoms with Crippen molar-refractivity contribution in [1.82, 2.24) is 0 Å². The first-order chi connectivity index (χ1) is 8.58. The molecule has 0 spiro atoms. The number of ether oxygens (including phenoxy) is 1. The Morgan fingerprint density at radius 1 is 1.28 bits per heavy atom. The number of morpholine rings is 1. The van der Waals surface area contributed by atoms with Gasteiger partial charge in [0.15, 0.2) is 11.6 Å². The first kappa shape index (κ1) is 12.8. The molecule has 0 atom stereocenters. The number of halogens is 2. The first-order valence-electron chi connectivity index (χ1n) is 5.60. The monoisotopic (exact) mass is 257 g/mol. The summed E-state index contributed by atoms with van der Waals surface area (Å²) in [6, 6.07) is 2.01. The summed E-state index contributed by atoms with van der Waals surface area (Å²) in [4.78, 5) is 12.6. The van der Waals surface area contributed by atoms with E-state index in [9.17, 15) is 13.6 Å². The Balaban J connectivity index is 2.35. The Bertz CT molecular complexity index is 459. The van der Waals surface area contributed by atoms with Gasteiger partial charge >= 0.3 is 5.97 Å². The van der Waals surface area contributed by atoms with Gasteiger partial charge in [0.2, 0.25) is 0 Å². The van der Waals surface area contributed by atoms with Crippen LogP contribution in [0.5, 0.6) is 0 Å². The Morgan fingerprint density at radius 2 is 1.89 bits per heavy atom. The smallest absolute Gasteiger partial charge is 0.307 e. The van der Waals surface area contributed by atoms with Crippen molar-refractivity contribution in [3.8, 4) is 0 Å². The Labute approximate surface area is 103 Å². The van der Waals surface area contributed by atoms with E-state index in [-0.39, 0.29) is 12.0 Å². The van der Waals surface area contributed by atoms with Crippen molar-refractivity contribution in [3.05, 3.63) is 29.3 Å². The molecule has 98 valence electrons. The highest BCUT2D eigenvalue weighted by Crippen LogP contribution is 2.25. The summed E-state index contributed by atoms with van der Waals surface area (Å²) < 4.78 is 31.6. The van der Waals surface area contributed by atoms with Gasteiger partial charge in [-0.1, -0.05) is 0 Å². The number of benzene rings is 1. The lowest BCUT2D eigenvalue weighted by Crippen LogP contribution is -2.37. The Hall–Kier alpha value is -1.69. The number of anilines is 1. The Kier molecular flexibility index (Phi) is 3.76. The second-order valence-corrected chi connectivity index (χ2v) is 4.06. The van der Waals surface area contributed by atoms with Crippen molar-refractivity contribution in [2.24, 2.45) is 0 Å². The topological polar surface area (TPSA) is 49.8 Å². The third kappa shape index (κ3) is 2.76. The zero-order valence-electron chi connectivity index (χ0n) is 9.66. The number of rotatable bonds is 3. The van der Waals surface area contributed by atoms with Crippen LogP contribution in [0.25, 0.3) is 0 Å². The van der Waals surface area contributed by atoms with Crippen LogP contribution in [-0.4, -0.2) is 37.4 Å². The van der Waals surface area contributed by atoms with Crippen LogP contribution < -0.4 is 4.90 Å². The molecule has 1 aromatic carbocycles. The van der Waals surface area contributed by atoms with Crippen molar-refractivity contribution in [3.63, 3.8) is 0 Å². The number of nitrogens with zero attached hydrogens (tertiary/aromatic N) is 1. The van der Waals surface area contributed by atoms with Crippen molar-refractivity contribution >= 4 is 11.7 Å². The lowest BCUT2D eigenvalue weighted by atomic mass is 10.1. The van der Waals surface area contributed by atoms with Crippen molar-refractivity contribution in [2.45, 2.75) is 6.42 Å². The number of carboxylic acid groups (broad SMARTS) is 1. The van der Waals surface area contributed by atoms with Crippen LogP contribution in [0, 0.1) is 11.6 Å². The molecule has 18 heavy (non-hydrogen) atoms. The fraction of sp³-hybridized carbons (Fsp3) is 0.417. The van der Waals surface area contributed by atoms with Gasteiger partial charge in [-0.25, -0.2) is 8.78 Å². The molecule has 1 aromatic rings. The molecule has 1 aliphatic rings. The predicted octanol–water partition coefficient (Wildman–Crippen LogP) is 1.43. The van der Waals surface area contributed by atoms with E-state index in [4.69, 9.17) is 9.84 Å². The molecule has 0 radical (unpaired) electrons. The standard InChI is InChI=1S/C12H13F2NO3/c13-9-5-8(6-12(16)17)11(7-10(9)14)15-1-3-18-4-2-15/h5,7H,1-4,6H2,(H,16,17). The van der Waals surface area contributed by atoms with Gasteiger partial charge in [0, 0.05) is 24.8 Å². The molecule has 0 aromatic heterocycles. The molecular weight excluding hydrogens is 244 g/mol. The molecule has 1 fully saturated rings. The average molecular weight is 257 g/mol. The highest BCUT2D eigenvalue weighted by molar-refractivity contribution is 5.73. The zero-order chi connectivity index (χ0) is 13.1. The van der Waals surface area contributed by atoms with E-state index in [1.165, 1.54) is 0 Å². The predicted molar refractivity (Wildman–Crippen MR) is 60.7 cm³/mol. The molecule has 1 heterocycles. The molecule has 1 saturated heterocycles. The molecule has 2 rings (SSSR count). The van der Waals surface area contributed by atoms with Gasteiger partial charge in [-0.15, -0.1) is 0 Å². The zero-order valence-corrected chi connectivity index (χ0v) is 9.66. The highest BCUT2D eigenvalue weighted by Gasteiger charge is 2.19. The van der Waals surface area contributed by atoms with Crippen LogP contribution in [0.3, 0.4) is 0 Å². The number of carboxylic acids is 1. The Morgan fingerprint density at radius 3 is 2.50 bits per heavy atom. The van der Waals surface area contributed by atoms with Crippen LogP contribution in [0.1, 0.15) is 5.56 Å². The van der Waals surface area contributed by atoms with E-state index < -0.39 is 17.6 Å². The molecular formula is C12H13F2NO3. The van der Waals surface area contributed by atoms with Gasteiger partial charge in [0.05, 0.1) is 19.6 Å². The van der Waals surface area contributed by atoms with Crippen molar-refractivity contribution in [1.29, 1.82) is 0 Å². The largest absolute Gasteiger partial charge is 0.481 e. The second-order valence-electron chi connectivity index (χ2n) is 4.06. The molecule has 0 bridgehead atoms. The maximum Gasteiger partial charge on any atom is 0.307 e. The molecule has 0 amide bonds. The second kappa shape index (κ2) is 5.30. The number of hydrogen-bond donors (Lipinski definition) is 1. The maximum absolute atomic E-state index is 13.3. The number of hydrogen-bond acceptors (Lipinski definition) is 3. The van der Waals surface area contributed by atoms with Gasteiger partial charge in [0.25, 0.3) is 0 Å². The summed E-state index contributed by atoms with van der Waals surface area (Å²) in [6.07, 6.45) is -0.329. The first-order valence-corrected chi connectivity index (χ1v) is 5.60. The van der Waals surface area contributed by atoms with Crippen molar-refractivity contribution < 1.29 is 23.4 Å². The van der Waals surface area contributed by atoms with Gasteiger partial charge < -0.3 is 14.7 Å². The van der Waals surface area contributed by atoms with Crippen LogP contribution in [0.15, 0.2) is 12.1 Å². The van der Waals surface area contributed by atoms with E-state index in [1.807, 2.05) is 4.90 Å². The lowest BCUT2D eigenvalue weighted by molar-refractivity contribution is -0.136. The van der Waals surface area contributed by atoms with E-state index in [0.717, 1.165) is 12.1 Å². The third-order valence-electron chi connectivity index (χ3n) is 2.82. The summed E-state index contributed by atoms with van der Waals surface area (Å²) in [5.41, 5.74) is 0.711. The van der Waals surface area contributed by atoms with Crippen LogP contribution in [-0.2, 0) is 16.0 Å². The number of aliphatic carboxylic acids is 1. The minimum absolute atomic E-state index is 0.281. The van der Waals surface area contributed by atoms with Gasteiger partial charge in [-0.05, 0) is 11.6 Å². The summed E-state index contributed by atoms with van der Waals surface area (Å²) in [5.74, 6) is -3.07. The normalized spacial score (nSPS) is 15.8. The van der Waals surface area contributed by atoms with Crippen LogP contribution in [0.2, 0.25) is 0 Å². The van der Waals surface area contributed by atoms with Gasteiger partial charge in [0.1, 0.15) is 0 Å². The molecule has 1 N–H and O–H groups in total. The van der Waals surface area contributed by atoms with Gasteiger partial charge in [-0.3, -0.25) is 4.79 Å². The lowest BCUT2D eigenvalue weighted by Gasteiger charge is -2.30. The summed E-state index contributed by atoms with van der Waals surface area (Å²) >= 11 is 0. The minimum Gasteiger partial charge on any atom is -0.481 e. The molecule has 0 aliphatic carbocycles. The fourth-order valence-corrected chi connectivity index (χ4v) is 1.98. The molecule has 0 saturated carbocycles. The summed E-state index contributed by atoms with van der Waals surface area (Å²) in [5, 5.41) is 8.79. The highest BCUT2D eigenvalue weighted by atomic mass is 19.2. The van der Waals surface area contributed by atoms with E-state index in [2.05, 4.69) is 0 Å². The quantitative estimate of drug-likeness (QED) is 0.890. The molecule has 1 aliphatic heterocycles. The third-order valence-corrected chi connectivity index (χ3v) is 2.82. The van der Waals surface area contributed by atoms with E-state index >= 15 is 0 Å². The summed E-state index contributed by atoms with van der Waals surface area (Å²) in [6.45, 7) is 2.06. The van der Waals surface area contributed by atoms with E-state index in [1.54, 1.807) is 0 Å². The van der Waals surface area contributed by atoms with Crippen LogP contribution >= 0.6 is 0 Å². The van der Waals surface area contributed by atoms with Crippen molar-refractivity contribution in [2.75, 3.05) is 31.2 Å². The van der Waals surface area contributed by atoms with Gasteiger partial charge in [-0.2, -0.15) is 0 Å².